The van der Waals surface area contributed by atoms with E-state index in [0.717, 1.165) is 67.2 Å². The Morgan fingerprint density at radius 3 is 2.94 bits per heavy atom. The van der Waals surface area contributed by atoms with Crippen LogP contribution < -0.4 is 15.1 Å². The maximum atomic E-state index is 13.3. The maximum absolute atomic E-state index is 13.3. The molecule has 0 spiro atoms. The Balaban J connectivity index is 1.44. The zero-order chi connectivity index (χ0) is 22.2. The van der Waals surface area contributed by atoms with Gasteiger partial charge in [0.05, 0.1) is 5.69 Å². The molecule has 2 N–H and O–H groups in total. The molecule has 1 aliphatic carbocycles. The number of carbonyl (C=O) groups excluding carboxylic acids is 1. The minimum Gasteiger partial charge on any atom is -0.329 e. The van der Waals surface area contributed by atoms with Crippen molar-refractivity contribution < 1.29 is 4.79 Å². The van der Waals surface area contributed by atoms with E-state index in [-0.39, 0.29) is 11.9 Å². The van der Waals surface area contributed by atoms with Crippen LogP contribution in [0.4, 0.5) is 22.7 Å². The molecule has 1 atom stereocenters. The molecule has 1 aliphatic heterocycles. The number of anilines is 4. The average molecular weight is 453 g/mol. The van der Waals surface area contributed by atoms with Crippen LogP contribution in [-0.2, 0) is 17.6 Å². The molecule has 1 saturated heterocycles. The lowest BCUT2D eigenvalue weighted by molar-refractivity contribution is -0.119. The lowest BCUT2D eigenvalue weighted by Gasteiger charge is -2.27. The number of likely N-dealkylation sites (N-methyl/N-ethyl adjacent to an activating group) is 1. The Hall–Kier alpha value is -3.01. The fourth-order valence-corrected chi connectivity index (χ4v) is 5.04. The van der Waals surface area contributed by atoms with Crippen LogP contribution in [0.1, 0.15) is 56.0 Å². The molecule has 0 saturated carbocycles. The molecule has 0 bridgehead atoms. The molecule has 32 heavy (non-hydrogen) atoms. The third-order valence-corrected chi connectivity index (χ3v) is 7.07. The number of H-pyrrole nitrogens is 1. The summed E-state index contributed by atoms with van der Waals surface area (Å²) in [5.74, 6) is 2.58. The number of nitrogens with zero attached hydrogens (tertiary/aromatic N) is 6. The molecule has 4 heterocycles. The van der Waals surface area contributed by atoms with Gasteiger partial charge in [-0.25, -0.2) is 9.97 Å². The summed E-state index contributed by atoms with van der Waals surface area (Å²) in [4.78, 5) is 31.0. The van der Waals surface area contributed by atoms with Crippen molar-refractivity contribution >= 4 is 40.0 Å². The Morgan fingerprint density at radius 2 is 2.19 bits per heavy atom. The van der Waals surface area contributed by atoms with Crippen molar-refractivity contribution in [2.45, 2.75) is 57.9 Å². The molecule has 2 aliphatic rings. The number of hydrogen-bond acceptors (Lipinski definition) is 8. The second-order valence-electron chi connectivity index (χ2n) is 8.70. The highest BCUT2D eigenvalue weighted by Crippen LogP contribution is 2.33. The molecule has 1 amide bonds. The molecular formula is C22H28N8OS. The van der Waals surface area contributed by atoms with Gasteiger partial charge in [-0.1, -0.05) is 13.8 Å². The van der Waals surface area contributed by atoms with Crippen LogP contribution in [0.15, 0.2) is 17.6 Å². The monoisotopic (exact) mass is 452 g/mol. The third kappa shape index (κ3) is 3.83. The average Bonchev–Trinajstić information content (AvgIpc) is 3.58. The summed E-state index contributed by atoms with van der Waals surface area (Å²) in [5, 5.41) is 13.5. The van der Waals surface area contributed by atoms with Gasteiger partial charge in [0.15, 0.2) is 10.9 Å². The first-order valence-corrected chi connectivity index (χ1v) is 12.0. The van der Waals surface area contributed by atoms with Crippen LogP contribution in [0.2, 0.25) is 0 Å². The van der Waals surface area contributed by atoms with Crippen LogP contribution in [-0.4, -0.2) is 50.7 Å². The fourth-order valence-electron chi connectivity index (χ4n) is 4.43. The lowest BCUT2D eigenvalue weighted by Crippen LogP contribution is -2.45. The van der Waals surface area contributed by atoms with Gasteiger partial charge in [-0.15, -0.1) is 11.3 Å². The Morgan fingerprint density at radius 1 is 1.31 bits per heavy atom. The summed E-state index contributed by atoms with van der Waals surface area (Å²) in [5.41, 5.74) is 3.31. The number of rotatable bonds is 6. The van der Waals surface area contributed by atoms with Crippen LogP contribution in [0.25, 0.3) is 0 Å². The van der Waals surface area contributed by atoms with Gasteiger partial charge in [0, 0.05) is 42.5 Å². The van der Waals surface area contributed by atoms with E-state index in [2.05, 4.69) is 39.2 Å². The third-order valence-electron chi connectivity index (χ3n) is 6.22. The predicted octanol–water partition coefficient (Wildman–Crippen LogP) is 3.64. The van der Waals surface area contributed by atoms with Crippen LogP contribution in [0.3, 0.4) is 0 Å². The smallest absolute Gasteiger partial charge is 0.251 e. The van der Waals surface area contributed by atoms with Crippen LogP contribution in [0, 0.1) is 0 Å². The van der Waals surface area contributed by atoms with Crippen molar-refractivity contribution in [3.05, 3.63) is 34.6 Å². The van der Waals surface area contributed by atoms with Crippen molar-refractivity contribution in [3.8, 4) is 0 Å². The summed E-state index contributed by atoms with van der Waals surface area (Å²) < 4.78 is 0. The van der Waals surface area contributed by atoms with Crippen molar-refractivity contribution in [1.29, 1.82) is 0 Å². The van der Waals surface area contributed by atoms with Crippen LogP contribution in [0.5, 0.6) is 0 Å². The van der Waals surface area contributed by atoms with E-state index in [9.17, 15) is 4.79 Å². The van der Waals surface area contributed by atoms with Crippen molar-refractivity contribution in [2.75, 3.05) is 28.7 Å². The van der Waals surface area contributed by atoms with Gasteiger partial charge in [0.2, 0.25) is 5.95 Å². The molecule has 0 aromatic carbocycles. The van der Waals surface area contributed by atoms with Gasteiger partial charge in [-0.2, -0.15) is 10.1 Å². The number of aryl methyl sites for hydroxylation is 1. The number of aromatic nitrogens is 5. The van der Waals surface area contributed by atoms with Crippen LogP contribution >= 0.6 is 11.3 Å². The normalized spacial score (nSPS) is 17.8. The van der Waals surface area contributed by atoms with E-state index in [4.69, 9.17) is 9.97 Å². The van der Waals surface area contributed by atoms with Crippen molar-refractivity contribution in [1.82, 2.24) is 25.1 Å². The maximum Gasteiger partial charge on any atom is 0.251 e. The minimum absolute atomic E-state index is 0.0323. The Labute approximate surface area is 191 Å². The summed E-state index contributed by atoms with van der Waals surface area (Å²) >= 11 is 1.46. The van der Waals surface area contributed by atoms with Gasteiger partial charge < -0.3 is 10.2 Å². The number of thiazole rings is 1. The number of hydrogen-bond donors (Lipinski definition) is 2. The minimum atomic E-state index is -0.283. The lowest BCUT2D eigenvalue weighted by atomic mass is 10.1. The summed E-state index contributed by atoms with van der Waals surface area (Å²) in [7, 11) is 1.79. The predicted molar refractivity (Wildman–Crippen MR) is 126 cm³/mol. The van der Waals surface area contributed by atoms with E-state index in [0.29, 0.717) is 17.0 Å². The molecule has 168 valence electrons. The van der Waals surface area contributed by atoms with E-state index in [1.165, 1.54) is 11.3 Å². The quantitative estimate of drug-likeness (QED) is 0.588. The topological polar surface area (TPSA) is 103 Å². The zero-order valence-corrected chi connectivity index (χ0v) is 19.4. The van der Waals surface area contributed by atoms with Gasteiger partial charge in [0.25, 0.3) is 5.91 Å². The molecule has 0 radical (unpaired) electrons. The molecule has 0 unspecified atom stereocenters. The first-order chi connectivity index (χ1) is 15.5. The Bertz CT molecular complexity index is 1110. The largest absolute Gasteiger partial charge is 0.329 e. The van der Waals surface area contributed by atoms with Gasteiger partial charge in [-0.05, 0) is 38.0 Å². The highest BCUT2D eigenvalue weighted by molar-refractivity contribution is 7.13. The number of aromatic amines is 1. The first-order valence-electron chi connectivity index (χ1n) is 11.2. The highest BCUT2D eigenvalue weighted by atomic mass is 32.1. The van der Waals surface area contributed by atoms with Crippen molar-refractivity contribution in [3.63, 3.8) is 0 Å². The van der Waals surface area contributed by atoms with E-state index < -0.39 is 0 Å². The van der Waals surface area contributed by atoms with Gasteiger partial charge >= 0.3 is 0 Å². The second-order valence-corrected chi connectivity index (χ2v) is 9.58. The Kier molecular flexibility index (Phi) is 5.54. The summed E-state index contributed by atoms with van der Waals surface area (Å²) in [6.45, 7) is 5.02. The first kappa shape index (κ1) is 20.9. The molecule has 3 aromatic heterocycles. The van der Waals surface area contributed by atoms with Gasteiger partial charge in [-0.3, -0.25) is 14.8 Å². The number of carbonyl (C=O) groups is 1. The van der Waals surface area contributed by atoms with E-state index >= 15 is 0 Å². The molecule has 9 nitrogen and oxygen atoms in total. The van der Waals surface area contributed by atoms with E-state index in [1.54, 1.807) is 18.1 Å². The summed E-state index contributed by atoms with van der Waals surface area (Å²) in [6, 6.07) is 1.74. The van der Waals surface area contributed by atoms with E-state index in [1.807, 2.05) is 11.4 Å². The van der Waals surface area contributed by atoms with Gasteiger partial charge in [0.1, 0.15) is 11.9 Å². The molecule has 10 heteroatoms. The molecule has 3 aromatic rings. The molecule has 1 fully saturated rings. The fraction of sp³-hybridized carbons (Fsp3) is 0.500. The number of amides is 1. The van der Waals surface area contributed by atoms with Crippen molar-refractivity contribution in [2.24, 2.45) is 0 Å². The zero-order valence-electron chi connectivity index (χ0n) is 18.6. The number of nitrogens with one attached hydrogen (secondary N) is 2. The standard InChI is InChI=1S/C22H28N8OS/c1-13(2)16-12-18(28-27-16)25-19-14-6-4-7-15(14)24-21(26-19)30-10-5-8-17(30)20(31)29(3)22-23-9-11-32-22/h9,11-13,17H,4-8,10H2,1-3H3,(H2,24,25,26,27,28)/t17-/m1/s1. The number of fused-ring (bicyclic) bond motifs is 1. The second kappa shape index (κ2) is 8.50. The summed E-state index contributed by atoms with van der Waals surface area (Å²) in [6.07, 6.45) is 6.39. The molecular weight excluding hydrogens is 424 g/mol. The molecule has 5 rings (SSSR count). The SMILES string of the molecule is CC(C)c1cc(Nc2nc(N3CCC[C@@H]3C(=O)N(C)c3nccs3)nc3c2CCC3)n[nH]1. The highest BCUT2D eigenvalue weighted by Gasteiger charge is 2.36.